The summed E-state index contributed by atoms with van der Waals surface area (Å²) in [6, 6.07) is 3.01. The molecule has 2 aromatic rings. The van der Waals surface area contributed by atoms with Gasteiger partial charge in [0.25, 0.3) is 0 Å². The molecule has 0 radical (unpaired) electrons. The van der Waals surface area contributed by atoms with Crippen molar-refractivity contribution in [3.05, 3.63) is 30.1 Å². The number of carbonyl (C=O) groups is 1. The monoisotopic (exact) mass is 472 g/mol. The van der Waals surface area contributed by atoms with E-state index in [2.05, 4.69) is 52.7 Å². The quantitative estimate of drug-likeness (QED) is 0.243. The number of aromatic nitrogens is 4. The first-order valence-electron chi connectivity index (χ1n) is 11.8. The summed E-state index contributed by atoms with van der Waals surface area (Å²) in [5.41, 5.74) is 6.52. The largest absolute Gasteiger partial charge is 0.480 e. The summed E-state index contributed by atoms with van der Waals surface area (Å²) in [6.45, 7) is 6.74. The van der Waals surface area contributed by atoms with Crippen LogP contribution in [0.15, 0.2) is 24.5 Å². The molecule has 0 saturated carbocycles. The Morgan fingerprint density at radius 2 is 1.85 bits per heavy atom. The van der Waals surface area contributed by atoms with Gasteiger partial charge in [0, 0.05) is 58.2 Å². The Morgan fingerprint density at radius 3 is 2.53 bits per heavy atom. The fourth-order valence-electron chi connectivity index (χ4n) is 3.59. The van der Waals surface area contributed by atoms with Gasteiger partial charge in [0.2, 0.25) is 17.8 Å². The number of unbranched alkanes of at least 4 members (excludes halogenated alkanes) is 1. The van der Waals surface area contributed by atoms with Crippen LogP contribution in [0.4, 0.5) is 17.8 Å². The van der Waals surface area contributed by atoms with Gasteiger partial charge in [-0.1, -0.05) is 6.07 Å². The zero-order chi connectivity index (χ0) is 24.2. The van der Waals surface area contributed by atoms with Gasteiger partial charge in [-0.25, -0.2) is 4.79 Å². The summed E-state index contributed by atoms with van der Waals surface area (Å²) in [7, 11) is 2.13. The van der Waals surface area contributed by atoms with Gasteiger partial charge >= 0.3 is 5.97 Å². The highest BCUT2D eigenvalue weighted by Crippen LogP contribution is 2.14. The molecule has 1 fully saturated rings. The molecule has 186 valence electrons. The highest BCUT2D eigenvalue weighted by Gasteiger charge is 2.19. The molecule has 1 saturated heterocycles. The van der Waals surface area contributed by atoms with Crippen molar-refractivity contribution in [1.82, 2.24) is 29.7 Å². The molecule has 3 heterocycles. The molecule has 0 amide bonds. The van der Waals surface area contributed by atoms with E-state index >= 15 is 0 Å². The number of nitrogens with zero attached hydrogens (tertiary/aromatic N) is 6. The Hall–Kier alpha value is -3.09. The molecule has 0 aromatic carbocycles. The van der Waals surface area contributed by atoms with Crippen molar-refractivity contribution in [2.45, 2.75) is 31.8 Å². The zero-order valence-electron chi connectivity index (χ0n) is 19.8. The van der Waals surface area contributed by atoms with E-state index in [9.17, 15) is 9.90 Å². The first-order valence-corrected chi connectivity index (χ1v) is 11.8. The molecular weight excluding hydrogens is 436 g/mol. The molecule has 2 aromatic heterocycles. The molecule has 1 aliphatic rings. The van der Waals surface area contributed by atoms with Gasteiger partial charge in [0.1, 0.15) is 6.04 Å². The van der Waals surface area contributed by atoms with Crippen molar-refractivity contribution in [3.8, 4) is 0 Å². The van der Waals surface area contributed by atoms with Crippen LogP contribution in [0.1, 0.15) is 24.8 Å². The summed E-state index contributed by atoms with van der Waals surface area (Å²) >= 11 is 0. The second-order valence-electron chi connectivity index (χ2n) is 8.41. The second kappa shape index (κ2) is 13.6. The smallest absolute Gasteiger partial charge is 0.326 e. The number of pyridine rings is 1. The minimum Gasteiger partial charge on any atom is -0.480 e. The number of hydrogen-bond donors (Lipinski definition) is 5. The lowest BCUT2D eigenvalue weighted by molar-refractivity contribution is -0.138. The second-order valence-corrected chi connectivity index (χ2v) is 8.41. The van der Waals surface area contributed by atoms with Crippen molar-refractivity contribution >= 4 is 23.8 Å². The maximum Gasteiger partial charge on any atom is 0.326 e. The van der Waals surface area contributed by atoms with Crippen LogP contribution in [0.3, 0.4) is 0 Å². The normalized spacial score (nSPS) is 15.6. The topological polar surface area (TPSA) is 157 Å². The van der Waals surface area contributed by atoms with E-state index in [0.717, 1.165) is 44.7 Å². The number of likely N-dealkylation sites (N-methyl/N-ethyl adjacent to an activating group) is 1. The Balaban J connectivity index is 1.66. The minimum atomic E-state index is -0.952. The van der Waals surface area contributed by atoms with Gasteiger partial charge in [0.05, 0.1) is 0 Å². The van der Waals surface area contributed by atoms with E-state index in [0.29, 0.717) is 44.4 Å². The van der Waals surface area contributed by atoms with Gasteiger partial charge in [-0.3, -0.25) is 9.88 Å². The van der Waals surface area contributed by atoms with Gasteiger partial charge in [-0.15, -0.1) is 0 Å². The summed E-state index contributed by atoms with van der Waals surface area (Å²) < 4.78 is 0. The van der Waals surface area contributed by atoms with Crippen LogP contribution in [0.5, 0.6) is 0 Å². The number of carboxylic acid groups (broad SMARTS) is 1. The van der Waals surface area contributed by atoms with E-state index in [1.165, 1.54) is 0 Å². The number of nitrogens with one attached hydrogen (secondary N) is 3. The van der Waals surface area contributed by atoms with E-state index in [-0.39, 0.29) is 5.95 Å². The van der Waals surface area contributed by atoms with Crippen LogP contribution < -0.4 is 21.7 Å². The molecule has 3 rings (SSSR count). The van der Waals surface area contributed by atoms with Crippen LogP contribution in [0, 0.1) is 0 Å². The number of aliphatic carboxylic acids is 1. The van der Waals surface area contributed by atoms with E-state index in [4.69, 9.17) is 5.73 Å². The number of anilines is 3. The van der Waals surface area contributed by atoms with Crippen molar-refractivity contribution in [1.29, 1.82) is 0 Å². The van der Waals surface area contributed by atoms with Gasteiger partial charge in [0.15, 0.2) is 0 Å². The van der Waals surface area contributed by atoms with E-state index in [1.54, 1.807) is 12.4 Å². The predicted molar refractivity (Wildman–Crippen MR) is 132 cm³/mol. The van der Waals surface area contributed by atoms with Gasteiger partial charge in [-0.2, -0.15) is 15.0 Å². The first kappa shape index (κ1) is 25.5. The lowest BCUT2D eigenvalue weighted by Crippen LogP contribution is -2.45. The SMILES string of the molecule is CN1CCN(CCNc2nc(NCc3cccnc3)nc(NC(CCCCN)C(=O)O)n2)CC1. The predicted octanol–water partition coefficient (Wildman–Crippen LogP) is 0.532. The lowest BCUT2D eigenvalue weighted by Gasteiger charge is -2.32. The van der Waals surface area contributed by atoms with Gasteiger partial charge < -0.3 is 31.7 Å². The number of hydrogen-bond acceptors (Lipinski definition) is 11. The van der Waals surface area contributed by atoms with Crippen molar-refractivity contribution in [3.63, 3.8) is 0 Å². The number of piperazine rings is 1. The Morgan fingerprint density at radius 1 is 1.12 bits per heavy atom. The van der Waals surface area contributed by atoms with Crippen molar-refractivity contribution in [2.75, 3.05) is 68.8 Å². The molecule has 0 aliphatic carbocycles. The Bertz CT molecular complexity index is 877. The maximum absolute atomic E-state index is 11.7. The molecule has 12 nitrogen and oxygen atoms in total. The van der Waals surface area contributed by atoms with Crippen LogP contribution in [0.25, 0.3) is 0 Å². The highest BCUT2D eigenvalue weighted by atomic mass is 16.4. The fourth-order valence-corrected chi connectivity index (χ4v) is 3.59. The van der Waals surface area contributed by atoms with Crippen LogP contribution in [-0.2, 0) is 11.3 Å². The molecule has 1 aliphatic heterocycles. The summed E-state index contributed by atoms with van der Waals surface area (Å²) in [6.07, 6.45) is 5.38. The number of carboxylic acids is 1. The third kappa shape index (κ3) is 8.69. The molecule has 0 bridgehead atoms. The summed E-state index contributed by atoms with van der Waals surface area (Å²) in [5, 5.41) is 19.0. The third-order valence-corrected chi connectivity index (χ3v) is 5.66. The third-order valence-electron chi connectivity index (χ3n) is 5.66. The maximum atomic E-state index is 11.7. The number of rotatable bonds is 14. The molecule has 1 unspecified atom stereocenters. The highest BCUT2D eigenvalue weighted by molar-refractivity contribution is 5.76. The molecule has 12 heteroatoms. The van der Waals surface area contributed by atoms with E-state index < -0.39 is 12.0 Å². The molecule has 34 heavy (non-hydrogen) atoms. The average Bonchev–Trinajstić information content (AvgIpc) is 2.84. The van der Waals surface area contributed by atoms with Crippen LogP contribution >= 0.6 is 0 Å². The Kier molecular flexibility index (Phi) is 10.2. The van der Waals surface area contributed by atoms with Crippen molar-refractivity contribution < 1.29 is 9.90 Å². The molecule has 1 atom stereocenters. The van der Waals surface area contributed by atoms with Crippen LogP contribution in [-0.4, -0.2) is 99.7 Å². The molecule has 0 spiro atoms. The Labute approximate surface area is 200 Å². The fraction of sp³-hybridized carbons (Fsp3) is 0.591. The number of nitrogens with two attached hydrogens (primary N) is 1. The zero-order valence-corrected chi connectivity index (χ0v) is 19.8. The summed E-state index contributed by atoms with van der Waals surface area (Å²) in [4.78, 5) is 33.9. The summed E-state index contributed by atoms with van der Waals surface area (Å²) in [5.74, 6) is 0.0127. The lowest BCUT2D eigenvalue weighted by atomic mass is 10.1. The first-order chi connectivity index (χ1) is 16.5. The van der Waals surface area contributed by atoms with Gasteiger partial charge in [-0.05, 0) is 44.5 Å². The van der Waals surface area contributed by atoms with Crippen LogP contribution in [0.2, 0.25) is 0 Å². The van der Waals surface area contributed by atoms with E-state index in [1.807, 2.05) is 12.1 Å². The minimum absolute atomic E-state index is 0.214. The average molecular weight is 473 g/mol. The molecular formula is C22H36N10O2. The van der Waals surface area contributed by atoms with Crippen molar-refractivity contribution in [2.24, 2.45) is 5.73 Å². The molecule has 6 N–H and O–H groups in total. The standard InChI is InChI=1S/C22H36N10O2/c1-31-11-13-32(14-12-31)10-9-25-20-28-21(26-16-17-5-4-8-24-15-17)30-22(29-20)27-18(19(33)34)6-2-3-7-23/h4-5,8,15,18H,2-3,6-7,9-14,16,23H2,1H3,(H,33,34)(H3,25,26,27,28,29,30).